The second-order valence-electron chi connectivity index (χ2n) is 14.9. The Morgan fingerprint density at radius 3 is 1.07 bits per heavy atom. The predicted molar refractivity (Wildman–Crippen MR) is 247 cm³/mol. The van der Waals surface area contributed by atoms with E-state index >= 15 is 0 Å². The minimum absolute atomic E-state index is 0.0975. The second kappa shape index (κ2) is 46.0. The molecule has 58 heavy (non-hydrogen) atoms. The molecule has 0 aliphatic carbocycles. The standard InChI is InChI=1S/C52H84O6/c1-4-7-10-13-16-18-20-22-23-24-25-26-27-28-29-31-32-34-36-39-42-45-51(54)57-48-49(47-56-50(53)44-41-38-15-12-9-6-3)58-52(55)46-43-40-37-35-33-30-21-19-17-14-11-8-5-2/h7-8,10-11,16-19,22-23,25-26,28-30,33,49H,4-6,9,12-15,20-21,24,27,31-32,34-48H2,1-3H3/b10-7-,11-8-,18-16-,19-17-,23-22-,26-25-,29-28-,33-30-. The van der Waals surface area contributed by atoms with Crippen LogP contribution in [-0.2, 0) is 28.6 Å². The molecule has 1 atom stereocenters. The van der Waals surface area contributed by atoms with Crippen molar-refractivity contribution in [2.45, 2.75) is 200 Å². The van der Waals surface area contributed by atoms with Crippen LogP contribution in [0.3, 0.4) is 0 Å². The summed E-state index contributed by atoms with van der Waals surface area (Å²) in [5, 5.41) is 0. The summed E-state index contributed by atoms with van der Waals surface area (Å²) in [7, 11) is 0. The lowest BCUT2D eigenvalue weighted by atomic mass is 10.1. The van der Waals surface area contributed by atoms with E-state index in [4.69, 9.17) is 14.2 Å². The molecule has 0 N–H and O–H groups in total. The number of allylic oxidation sites excluding steroid dienone is 16. The first-order valence-electron chi connectivity index (χ1n) is 23.2. The molecule has 6 heteroatoms. The SMILES string of the molecule is CC/C=C\C/C=C\C/C=C\C/C=C\C/C=C\CCCCCCCC(=O)OCC(COC(=O)CCCCCCCC)OC(=O)CCCCC/C=C\C/C=C\C/C=C\CC. The number of hydrogen-bond acceptors (Lipinski definition) is 6. The molecule has 0 aliphatic heterocycles. The fourth-order valence-electron chi connectivity index (χ4n) is 5.89. The topological polar surface area (TPSA) is 78.9 Å². The Labute approximate surface area is 356 Å². The van der Waals surface area contributed by atoms with Gasteiger partial charge in [-0.15, -0.1) is 0 Å². The van der Waals surface area contributed by atoms with Gasteiger partial charge in [-0.1, -0.05) is 176 Å². The summed E-state index contributed by atoms with van der Waals surface area (Å²) < 4.78 is 16.6. The summed E-state index contributed by atoms with van der Waals surface area (Å²) in [6.07, 6.45) is 59.8. The van der Waals surface area contributed by atoms with Gasteiger partial charge in [-0.05, 0) is 96.3 Å². The van der Waals surface area contributed by atoms with Crippen molar-refractivity contribution < 1.29 is 28.6 Å². The van der Waals surface area contributed by atoms with Gasteiger partial charge in [0, 0.05) is 19.3 Å². The molecule has 0 saturated heterocycles. The molecule has 328 valence electrons. The van der Waals surface area contributed by atoms with Crippen LogP contribution in [0.25, 0.3) is 0 Å². The number of carbonyl (C=O) groups is 3. The van der Waals surface area contributed by atoms with E-state index in [2.05, 4.69) is 118 Å². The van der Waals surface area contributed by atoms with E-state index in [9.17, 15) is 14.4 Å². The van der Waals surface area contributed by atoms with Gasteiger partial charge in [-0.25, -0.2) is 0 Å². The van der Waals surface area contributed by atoms with Gasteiger partial charge >= 0.3 is 17.9 Å². The fraction of sp³-hybridized carbons (Fsp3) is 0.635. The van der Waals surface area contributed by atoms with Crippen LogP contribution in [0.15, 0.2) is 97.2 Å². The van der Waals surface area contributed by atoms with E-state index in [1.165, 1.54) is 19.3 Å². The molecule has 1 unspecified atom stereocenters. The lowest BCUT2D eigenvalue weighted by Gasteiger charge is -2.18. The van der Waals surface area contributed by atoms with Crippen molar-refractivity contribution in [3.8, 4) is 0 Å². The number of esters is 3. The molecular weight excluding hydrogens is 721 g/mol. The molecule has 0 saturated carbocycles. The normalized spacial score (nSPS) is 12.9. The second-order valence-corrected chi connectivity index (χ2v) is 14.9. The van der Waals surface area contributed by atoms with Gasteiger partial charge in [0.05, 0.1) is 0 Å². The molecule has 0 aliphatic rings. The largest absolute Gasteiger partial charge is 0.462 e. The first-order chi connectivity index (χ1) is 28.5. The van der Waals surface area contributed by atoms with Crippen molar-refractivity contribution in [3.63, 3.8) is 0 Å². The minimum atomic E-state index is -0.797. The Hall–Kier alpha value is -3.67. The quantitative estimate of drug-likeness (QED) is 0.0266. The zero-order chi connectivity index (χ0) is 42.3. The van der Waals surface area contributed by atoms with Crippen LogP contribution < -0.4 is 0 Å². The molecule has 6 nitrogen and oxygen atoms in total. The highest BCUT2D eigenvalue weighted by atomic mass is 16.6. The molecule has 0 aromatic rings. The van der Waals surface area contributed by atoms with E-state index in [0.29, 0.717) is 12.8 Å². The summed E-state index contributed by atoms with van der Waals surface area (Å²) >= 11 is 0. The van der Waals surface area contributed by atoms with E-state index < -0.39 is 6.10 Å². The third-order valence-corrected chi connectivity index (χ3v) is 9.33. The Morgan fingerprint density at radius 1 is 0.362 bits per heavy atom. The van der Waals surface area contributed by atoms with Gasteiger partial charge in [0.1, 0.15) is 13.2 Å². The third-order valence-electron chi connectivity index (χ3n) is 9.33. The van der Waals surface area contributed by atoms with Crippen molar-refractivity contribution in [3.05, 3.63) is 97.2 Å². The average Bonchev–Trinajstić information content (AvgIpc) is 3.22. The smallest absolute Gasteiger partial charge is 0.306 e. The highest BCUT2D eigenvalue weighted by Gasteiger charge is 2.19. The van der Waals surface area contributed by atoms with Crippen LogP contribution in [0.5, 0.6) is 0 Å². The highest BCUT2D eigenvalue weighted by molar-refractivity contribution is 5.71. The Balaban J connectivity index is 4.32. The minimum Gasteiger partial charge on any atom is -0.462 e. The zero-order valence-electron chi connectivity index (χ0n) is 37.3. The highest BCUT2D eigenvalue weighted by Crippen LogP contribution is 2.12. The van der Waals surface area contributed by atoms with Gasteiger partial charge in [0.2, 0.25) is 0 Å². The van der Waals surface area contributed by atoms with Crippen molar-refractivity contribution >= 4 is 17.9 Å². The summed E-state index contributed by atoms with van der Waals surface area (Å²) in [4.78, 5) is 37.6. The molecule has 0 fully saturated rings. The Kier molecular flexibility index (Phi) is 43.1. The van der Waals surface area contributed by atoms with Gasteiger partial charge in [-0.3, -0.25) is 14.4 Å². The van der Waals surface area contributed by atoms with Gasteiger partial charge in [0.25, 0.3) is 0 Å². The summed E-state index contributed by atoms with van der Waals surface area (Å²) in [6.45, 7) is 6.28. The number of rotatable bonds is 40. The van der Waals surface area contributed by atoms with Crippen molar-refractivity contribution in [1.82, 2.24) is 0 Å². The maximum absolute atomic E-state index is 12.7. The molecule has 0 radical (unpaired) electrons. The third kappa shape index (κ3) is 43.5. The number of hydrogen-bond donors (Lipinski definition) is 0. The van der Waals surface area contributed by atoms with Crippen LogP contribution in [0.4, 0.5) is 0 Å². The molecule has 0 rings (SSSR count). The van der Waals surface area contributed by atoms with Crippen LogP contribution >= 0.6 is 0 Å². The van der Waals surface area contributed by atoms with Crippen molar-refractivity contribution in [2.24, 2.45) is 0 Å². The van der Waals surface area contributed by atoms with E-state index in [-0.39, 0.29) is 37.5 Å². The van der Waals surface area contributed by atoms with Gasteiger partial charge in [0.15, 0.2) is 6.10 Å². The molecule has 0 bridgehead atoms. The average molecular weight is 805 g/mol. The maximum atomic E-state index is 12.7. The lowest BCUT2D eigenvalue weighted by molar-refractivity contribution is -0.167. The first-order valence-corrected chi connectivity index (χ1v) is 23.2. The molecular formula is C52H84O6. The molecule has 0 heterocycles. The van der Waals surface area contributed by atoms with Crippen LogP contribution in [0.1, 0.15) is 194 Å². The lowest BCUT2D eigenvalue weighted by Crippen LogP contribution is -2.30. The fourth-order valence-corrected chi connectivity index (χ4v) is 5.89. The van der Waals surface area contributed by atoms with Gasteiger partial charge in [-0.2, -0.15) is 0 Å². The summed E-state index contributed by atoms with van der Waals surface area (Å²) in [6, 6.07) is 0. The monoisotopic (exact) mass is 805 g/mol. The van der Waals surface area contributed by atoms with E-state index in [1.807, 2.05) is 0 Å². The van der Waals surface area contributed by atoms with Crippen molar-refractivity contribution in [1.29, 1.82) is 0 Å². The maximum Gasteiger partial charge on any atom is 0.306 e. The van der Waals surface area contributed by atoms with Crippen LogP contribution in [0, 0.1) is 0 Å². The first kappa shape index (κ1) is 54.3. The summed E-state index contributed by atoms with van der Waals surface area (Å²) in [5.41, 5.74) is 0. The van der Waals surface area contributed by atoms with Crippen LogP contribution in [-0.4, -0.2) is 37.2 Å². The molecule has 0 spiro atoms. The van der Waals surface area contributed by atoms with Crippen LogP contribution in [0.2, 0.25) is 0 Å². The van der Waals surface area contributed by atoms with E-state index in [0.717, 1.165) is 135 Å². The Morgan fingerprint density at radius 2 is 0.672 bits per heavy atom. The Bertz CT molecular complexity index is 1200. The van der Waals surface area contributed by atoms with Crippen molar-refractivity contribution in [2.75, 3.05) is 13.2 Å². The number of ether oxygens (including phenoxy) is 3. The zero-order valence-corrected chi connectivity index (χ0v) is 37.3. The van der Waals surface area contributed by atoms with E-state index in [1.54, 1.807) is 0 Å². The number of unbranched alkanes of at least 4 members (excludes halogenated alkanes) is 13. The molecule has 0 aromatic heterocycles. The predicted octanol–water partition coefficient (Wildman–Crippen LogP) is 15.0. The molecule has 0 amide bonds. The molecule has 0 aromatic carbocycles. The summed E-state index contributed by atoms with van der Waals surface area (Å²) in [5.74, 6) is -0.966. The number of carbonyl (C=O) groups excluding carboxylic acids is 3. The van der Waals surface area contributed by atoms with Gasteiger partial charge < -0.3 is 14.2 Å².